The minimum atomic E-state index is -0.356. The van der Waals surface area contributed by atoms with Crippen molar-refractivity contribution in [2.45, 2.75) is 13.5 Å². The second-order valence-corrected chi connectivity index (χ2v) is 5.91. The molecule has 0 atom stereocenters. The predicted molar refractivity (Wildman–Crippen MR) is 96.5 cm³/mol. The summed E-state index contributed by atoms with van der Waals surface area (Å²) in [6.07, 6.45) is 1.57. The molecular formula is C16H16IN3O3. The molecule has 0 fully saturated rings. The zero-order valence-electron chi connectivity index (χ0n) is 12.5. The Balaban J connectivity index is 1.94. The van der Waals surface area contributed by atoms with Crippen LogP contribution in [0.5, 0.6) is 0 Å². The molecule has 120 valence electrons. The third-order valence-corrected chi connectivity index (χ3v) is 4.08. The Morgan fingerprint density at radius 2 is 1.91 bits per heavy atom. The minimum absolute atomic E-state index is 0.127. The number of amides is 2. The fourth-order valence-electron chi connectivity index (χ4n) is 1.96. The van der Waals surface area contributed by atoms with E-state index in [1.807, 2.05) is 19.1 Å². The van der Waals surface area contributed by atoms with E-state index >= 15 is 0 Å². The van der Waals surface area contributed by atoms with Crippen molar-refractivity contribution < 1.29 is 9.59 Å². The van der Waals surface area contributed by atoms with E-state index in [-0.39, 0.29) is 23.9 Å². The maximum Gasteiger partial charge on any atom is 0.252 e. The molecule has 0 saturated heterocycles. The number of hydrogen-bond acceptors (Lipinski definition) is 3. The number of anilines is 1. The molecule has 0 aliphatic heterocycles. The Hall–Kier alpha value is -2.16. The lowest BCUT2D eigenvalue weighted by Gasteiger charge is -2.09. The molecule has 2 N–H and O–H groups in total. The van der Waals surface area contributed by atoms with Gasteiger partial charge in [0.1, 0.15) is 0 Å². The lowest BCUT2D eigenvalue weighted by molar-refractivity contribution is -0.115. The molecule has 1 heterocycles. The highest BCUT2D eigenvalue weighted by Gasteiger charge is 2.11. The number of benzene rings is 1. The fraction of sp³-hybridized carbons (Fsp3) is 0.188. The van der Waals surface area contributed by atoms with Crippen LogP contribution in [0.25, 0.3) is 0 Å². The highest BCUT2D eigenvalue weighted by molar-refractivity contribution is 14.1. The van der Waals surface area contributed by atoms with Gasteiger partial charge in [0.15, 0.2) is 0 Å². The maximum atomic E-state index is 12.0. The summed E-state index contributed by atoms with van der Waals surface area (Å²) >= 11 is 2.07. The van der Waals surface area contributed by atoms with Crippen molar-refractivity contribution in [2.75, 3.05) is 11.9 Å². The minimum Gasteiger partial charge on any atom is -0.343 e. The van der Waals surface area contributed by atoms with Crippen LogP contribution in [0, 0.1) is 3.57 Å². The summed E-state index contributed by atoms with van der Waals surface area (Å²) in [6, 6.07) is 10.1. The first-order valence-corrected chi connectivity index (χ1v) is 8.12. The normalized spacial score (nSPS) is 10.2. The maximum absolute atomic E-state index is 12.0. The van der Waals surface area contributed by atoms with Crippen LogP contribution in [0.1, 0.15) is 17.3 Å². The molecule has 7 heteroatoms. The van der Waals surface area contributed by atoms with E-state index in [0.717, 1.165) is 3.57 Å². The molecule has 2 aromatic rings. The fourth-order valence-corrected chi connectivity index (χ4v) is 2.59. The van der Waals surface area contributed by atoms with Crippen LogP contribution in [0.3, 0.4) is 0 Å². The van der Waals surface area contributed by atoms with E-state index in [1.54, 1.807) is 18.3 Å². The Kier molecular flexibility index (Phi) is 5.91. The summed E-state index contributed by atoms with van der Waals surface area (Å²) in [7, 11) is 0. The largest absolute Gasteiger partial charge is 0.343 e. The summed E-state index contributed by atoms with van der Waals surface area (Å²) in [5.41, 5.74) is 0.915. The summed E-state index contributed by atoms with van der Waals surface area (Å²) in [4.78, 5) is 35.4. The van der Waals surface area contributed by atoms with Crippen molar-refractivity contribution >= 4 is 40.1 Å². The quantitative estimate of drug-likeness (QED) is 0.718. The molecular weight excluding hydrogens is 409 g/mol. The molecule has 2 amide bonds. The van der Waals surface area contributed by atoms with E-state index in [1.165, 1.54) is 16.7 Å². The Labute approximate surface area is 147 Å². The summed E-state index contributed by atoms with van der Waals surface area (Å²) in [5.74, 6) is -0.658. The number of nitrogens with one attached hydrogen (secondary N) is 2. The van der Waals surface area contributed by atoms with Gasteiger partial charge in [-0.25, -0.2) is 0 Å². The number of carbonyl (C=O) groups is 2. The first-order valence-electron chi connectivity index (χ1n) is 7.04. The van der Waals surface area contributed by atoms with Gasteiger partial charge >= 0.3 is 0 Å². The second-order valence-electron chi connectivity index (χ2n) is 4.75. The third kappa shape index (κ3) is 4.65. The standard InChI is InChI=1S/C16H16IN3O3/c1-2-20-10-11(7-8-15(20)22)19-14(21)9-18-16(23)12-5-3-4-6-13(12)17/h3-8,10H,2,9H2,1H3,(H,18,23)(H,19,21). The number of nitrogens with zero attached hydrogens (tertiary/aromatic N) is 1. The molecule has 0 saturated carbocycles. The zero-order chi connectivity index (χ0) is 16.8. The summed E-state index contributed by atoms with van der Waals surface area (Å²) < 4.78 is 2.30. The lowest BCUT2D eigenvalue weighted by Crippen LogP contribution is -2.33. The van der Waals surface area contributed by atoms with Crippen molar-refractivity contribution in [3.05, 3.63) is 62.1 Å². The van der Waals surface area contributed by atoms with Crippen molar-refractivity contribution in [3.63, 3.8) is 0 Å². The molecule has 0 aliphatic carbocycles. The lowest BCUT2D eigenvalue weighted by atomic mass is 10.2. The van der Waals surface area contributed by atoms with Gasteiger partial charge in [0, 0.05) is 22.4 Å². The van der Waals surface area contributed by atoms with Crippen molar-refractivity contribution in [1.82, 2.24) is 9.88 Å². The summed E-state index contributed by atoms with van der Waals surface area (Å²) in [6.45, 7) is 2.22. The number of aromatic nitrogens is 1. The van der Waals surface area contributed by atoms with Crippen LogP contribution in [0.15, 0.2) is 47.4 Å². The first kappa shape index (κ1) is 17.2. The van der Waals surface area contributed by atoms with Gasteiger partial charge in [0.25, 0.3) is 11.5 Å². The number of pyridine rings is 1. The molecule has 23 heavy (non-hydrogen) atoms. The molecule has 1 aromatic heterocycles. The monoisotopic (exact) mass is 425 g/mol. The number of halogens is 1. The highest BCUT2D eigenvalue weighted by Crippen LogP contribution is 2.10. The van der Waals surface area contributed by atoms with Crippen molar-refractivity contribution in [3.8, 4) is 0 Å². The Morgan fingerprint density at radius 1 is 1.17 bits per heavy atom. The van der Waals surface area contributed by atoms with E-state index in [4.69, 9.17) is 0 Å². The Morgan fingerprint density at radius 3 is 2.61 bits per heavy atom. The third-order valence-electron chi connectivity index (χ3n) is 3.14. The topological polar surface area (TPSA) is 80.2 Å². The SMILES string of the molecule is CCn1cc(NC(=O)CNC(=O)c2ccccc2I)ccc1=O. The second kappa shape index (κ2) is 7.91. The van der Waals surface area contributed by atoms with Gasteiger partial charge in [-0.15, -0.1) is 0 Å². The molecule has 6 nitrogen and oxygen atoms in total. The average Bonchev–Trinajstić information content (AvgIpc) is 2.55. The molecule has 0 bridgehead atoms. The smallest absolute Gasteiger partial charge is 0.252 e. The van der Waals surface area contributed by atoms with Gasteiger partial charge in [-0.3, -0.25) is 14.4 Å². The van der Waals surface area contributed by atoms with Gasteiger partial charge in [0.05, 0.1) is 17.8 Å². The summed E-state index contributed by atoms with van der Waals surface area (Å²) in [5, 5.41) is 5.23. The van der Waals surface area contributed by atoms with Crippen LogP contribution < -0.4 is 16.2 Å². The van der Waals surface area contributed by atoms with E-state index in [9.17, 15) is 14.4 Å². The zero-order valence-corrected chi connectivity index (χ0v) is 14.7. The van der Waals surface area contributed by atoms with Crippen LogP contribution in [-0.2, 0) is 11.3 Å². The number of rotatable bonds is 5. The molecule has 0 spiro atoms. The number of hydrogen-bond donors (Lipinski definition) is 2. The Bertz CT molecular complexity index is 786. The van der Waals surface area contributed by atoms with Crippen LogP contribution in [0.2, 0.25) is 0 Å². The molecule has 0 aliphatic rings. The average molecular weight is 425 g/mol. The number of carbonyl (C=O) groups excluding carboxylic acids is 2. The van der Waals surface area contributed by atoms with E-state index in [2.05, 4.69) is 33.2 Å². The van der Waals surface area contributed by atoms with E-state index in [0.29, 0.717) is 17.8 Å². The molecule has 2 rings (SSSR count). The highest BCUT2D eigenvalue weighted by atomic mass is 127. The van der Waals surface area contributed by atoms with Crippen molar-refractivity contribution in [1.29, 1.82) is 0 Å². The van der Waals surface area contributed by atoms with Gasteiger partial charge in [-0.2, -0.15) is 0 Å². The number of aryl methyl sites for hydroxylation is 1. The van der Waals surface area contributed by atoms with Gasteiger partial charge in [-0.05, 0) is 47.7 Å². The molecule has 1 aromatic carbocycles. The first-order chi connectivity index (χ1) is 11.0. The van der Waals surface area contributed by atoms with E-state index < -0.39 is 0 Å². The van der Waals surface area contributed by atoms with Crippen molar-refractivity contribution in [2.24, 2.45) is 0 Å². The molecule has 0 radical (unpaired) electrons. The van der Waals surface area contributed by atoms with Gasteiger partial charge in [0.2, 0.25) is 5.91 Å². The predicted octanol–water partition coefficient (Wildman–Crippen LogP) is 1.84. The van der Waals surface area contributed by atoms with Crippen LogP contribution >= 0.6 is 22.6 Å². The van der Waals surface area contributed by atoms with Gasteiger partial charge in [-0.1, -0.05) is 12.1 Å². The molecule has 0 unspecified atom stereocenters. The van der Waals surface area contributed by atoms with Crippen LogP contribution in [-0.4, -0.2) is 22.9 Å². The van der Waals surface area contributed by atoms with Crippen LogP contribution in [0.4, 0.5) is 5.69 Å². The van der Waals surface area contributed by atoms with Gasteiger partial charge < -0.3 is 15.2 Å².